The monoisotopic (exact) mass is 370 g/mol. The Morgan fingerprint density at radius 1 is 1.42 bits per heavy atom. The van der Waals surface area contributed by atoms with Crippen LogP contribution in [0.4, 0.5) is 10.5 Å². The summed E-state index contributed by atoms with van der Waals surface area (Å²) in [5, 5.41) is 12.3. The van der Waals surface area contributed by atoms with Crippen molar-refractivity contribution in [3.8, 4) is 6.07 Å². The molecule has 9 heteroatoms. The van der Waals surface area contributed by atoms with Crippen molar-refractivity contribution in [3.05, 3.63) is 40.0 Å². The van der Waals surface area contributed by atoms with E-state index in [9.17, 15) is 9.59 Å². The van der Waals surface area contributed by atoms with Crippen molar-refractivity contribution in [1.29, 1.82) is 5.26 Å². The fraction of sp³-hybridized carbons (Fsp3) is 0.267. The number of nitrogens with zero attached hydrogens (tertiary/aromatic N) is 2. The van der Waals surface area contributed by atoms with Crippen LogP contribution in [0.1, 0.15) is 6.92 Å². The highest BCUT2D eigenvalue weighted by Crippen LogP contribution is 2.25. The Bertz CT molecular complexity index is 686. The van der Waals surface area contributed by atoms with Crippen molar-refractivity contribution < 1.29 is 14.3 Å². The van der Waals surface area contributed by atoms with E-state index < -0.39 is 12.0 Å². The van der Waals surface area contributed by atoms with E-state index in [0.717, 1.165) is 11.1 Å². The summed E-state index contributed by atoms with van der Waals surface area (Å²) in [6.07, 6.45) is 0.399. The standard InChI is InChI=1S/C15H16Cl2N4O3/c1-2-24-15(23)21(6-5-18)9-10(8-19)14(22)20-11-3-4-12(16)13(17)7-11/h3-4,7,9H,2,5-6,18H2,1H3,(H,20,22)/b10-9-. The van der Waals surface area contributed by atoms with Gasteiger partial charge in [0.05, 0.1) is 16.7 Å². The van der Waals surface area contributed by atoms with Crippen LogP contribution in [-0.4, -0.2) is 36.6 Å². The molecule has 0 saturated carbocycles. The van der Waals surface area contributed by atoms with Crippen molar-refractivity contribution >= 4 is 40.9 Å². The molecule has 128 valence electrons. The third-order valence-corrected chi connectivity index (χ3v) is 3.44. The summed E-state index contributed by atoms with van der Waals surface area (Å²) in [6.45, 7) is 2.04. The minimum Gasteiger partial charge on any atom is -0.449 e. The molecule has 1 aromatic rings. The number of nitrogens with two attached hydrogens (primary N) is 1. The summed E-state index contributed by atoms with van der Waals surface area (Å²) in [5.74, 6) is -0.706. The summed E-state index contributed by atoms with van der Waals surface area (Å²) in [4.78, 5) is 25.0. The van der Waals surface area contributed by atoms with Crippen LogP contribution >= 0.6 is 23.2 Å². The van der Waals surface area contributed by atoms with Crippen LogP contribution in [0.2, 0.25) is 10.0 Å². The molecular formula is C15H16Cl2N4O3. The van der Waals surface area contributed by atoms with Gasteiger partial charge in [-0.25, -0.2) is 4.79 Å². The van der Waals surface area contributed by atoms with Crippen LogP contribution < -0.4 is 11.1 Å². The molecule has 0 aliphatic rings. The van der Waals surface area contributed by atoms with E-state index in [2.05, 4.69) is 5.32 Å². The molecule has 0 unspecified atom stereocenters. The van der Waals surface area contributed by atoms with Crippen LogP contribution in [0.5, 0.6) is 0 Å². The number of amides is 2. The van der Waals surface area contributed by atoms with Gasteiger partial charge in [0.2, 0.25) is 0 Å². The first kappa shape index (κ1) is 19.8. The van der Waals surface area contributed by atoms with Gasteiger partial charge in [-0.2, -0.15) is 5.26 Å². The first-order valence-corrected chi connectivity index (χ1v) is 7.70. The maximum absolute atomic E-state index is 12.2. The Labute approximate surface area is 149 Å². The van der Waals surface area contributed by atoms with E-state index in [-0.39, 0.29) is 30.3 Å². The summed E-state index contributed by atoms with van der Waals surface area (Å²) in [5.41, 5.74) is 5.49. The number of carbonyl (C=O) groups excluding carboxylic acids is 2. The Hall–Kier alpha value is -2.27. The lowest BCUT2D eigenvalue weighted by molar-refractivity contribution is -0.112. The molecule has 24 heavy (non-hydrogen) atoms. The van der Waals surface area contributed by atoms with Crippen LogP contribution in [0.25, 0.3) is 0 Å². The van der Waals surface area contributed by atoms with Gasteiger partial charge in [-0.15, -0.1) is 0 Å². The summed E-state index contributed by atoms with van der Waals surface area (Å²) in [7, 11) is 0. The number of hydrogen-bond acceptors (Lipinski definition) is 5. The summed E-state index contributed by atoms with van der Waals surface area (Å²) < 4.78 is 4.84. The number of carbonyl (C=O) groups is 2. The molecule has 0 radical (unpaired) electrons. The molecule has 0 spiro atoms. The highest BCUT2D eigenvalue weighted by molar-refractivity contribution is 6.42. The topological polar surface area (TPSA) is 108 Å². The summed E-state index contributed by atoms with van der Waals surface area (Å²) in [6, 6.07) is 6.22. The van der Waals surface area contributed by atoms with Gasteiger partial charge in [-0.3, -0.25) is 9.69 Å². The predicted octanol–water partition coefficient (Wildman–Crippen LogP) is 2.76. The number of benzene rings is 1. The zero-order valence-corrected chi connectivity index (χ0v) is 14.4. The number of ether oxygens (including phenoxy) is 1. The third-order valence-electron chi connectivity index (χ3n) is 2.70. The molecule has 0 aliphatic carbocycles. The number of anilines is 1. The minimum atomic E-state index is -0.706. The molecule has 0 atom stereocenters. The fourth-order valence-electron chi connectivity index (χ4n) is 1.62. The van der Waals surface area contributed by atoms with Crippen molar-refractivity contribution in [2.24, 2.45) is 5.73 Å². The van der Waals surface area contributed by atoms with Gasteiger partial charge in [-0.1, -0.05) is 23.2 Å². The van der Waals surface area contributed by atoms with Crippen molar-refractivity contribution in [1.82, 2.24) is 4.90 Å². The van der Waals surface area contributed by atoms with Gasteiger partial charge >= 0.3 is 6.09 Å². The fourth-order valence-corrected chi connectivity index (χ4v) is 1.92. The second-order valence-electron chi connectivity index (χ2n) is 4.42. The Morgan fingerprint density at radius 2 is 2.12 bits per heavy atom. The van der Waals surface area contributed by atoms with E-state index in [1.807, 2.05) is 0 Å². The maximum atomic E-state index is 12.2. The van der Waals surface area contributed by atoms with Gasteiger partial charge in [-0.05, 0) is 25.1 Å². The van der Waals surface area contributed by atoms with E-state index in [1.165, 1.54) is 18.2 Å². The highest BCUT2D eigenvalue weighted by atomic mass is 35.5. The molecule has 0 saturated heterocycles. The Morgan fingerprint density at radius 3 is 2.67 bits per heavy atom. The molecule has 1 aromatic carbocycles. The molecule has 1 rings (SSSR count). The number of hydrogen-bond donors (Lipinski definition) is 2. The third kappa shape index (κ3) is 5.74. The van der Waals surface area contributed by atoms with E-state index in [4.69, 9.17) is 38.9 Å². The zero-order chi connectivity index (χ0) is 18.1. The van der Waals surface area contributed by atoms with Gasteiger partial charge < -0.3 is 15.8 Å². The average molecular weight is 371 g/mol. The molecule has 7 nitrogen and oxygen atoms in total. The first-order valence-electron chi connectivity index (χ1n) is 6.94. The van der Waals surface area contributed by atoms with Crippen LogP contribution in [0.15, 0.2) is 30.0 Å². The number of nitrogens with one attached hydrogen (secondary N) is 1. The maximum Gasteiger partial charge on any atom is 0.413 e. The molecule has 0 aromatic heterocycles. The largest absolute Gasteiger partial charge is 0.449 e. The number of nitriles is 1. The first-order chi connectivity index (χ1) is 11.4. The molecular weight excluding hydrogens is 355 g/mol. The summed E-state index contributed by atoms with van der Waals surface area (Å²) >= 11 is 11.7. The minimum absolute atomic E-state index is 0.101. The van der Waals surface area contributed by atoms with Crippen molar-refractivity contribution in [2.75, 3.05) is 25.0 Å². The second-order valence-corrected chi connectivity index (χ2v) is 5.23. The van der Waals surface area contributed by atoms with E-state index in [1.54, 1.807) is 13.0 Å². The Balaban J connectivity index is 2.96. The smallest absolute Gasteiger partial charge is 0.413 e. The number of halogens is 2. The van der Waals surface area contributed by atoms with Crippen LogP contribution in [0.3, 0.4) is 0 Å². The quantitative estimate of drug-likeness (QED) is 0.590. The van der Waals surface area contributed by atoms with E-state index in [0.29, 0.717) is 10.7 Å². The molecule has 0 heterocycles. The number of rotatable bonds is 6. The zero-order valence-electron chi connectivity index (χ0n) is 12.9. The average Bonchev–Trinajstić information content (AvgIpc) is 2.55. The SMILES string of the molecule is CCOC(=O)N(/C=C(/C#N)C(=O)Nc1ccc(Cl)c(Cl)c1)CCN. The van der Waals surface area contributed by atoms with Crippen LogP contribution in [-0.2, 0) is 9.53 Å². The van der Waals surface area contributed by atoms with Gasteiger partial charge in [0.15, 0.2) is 0 Å². The molecule has 0 fully saturated rings. The Kier molecular flexibility index (Phi) is 8.06. The lowest BCUT2D eigenvalue weighted by Gasteiger charge is -2.17. The highest BCUT2D eigenvalue weighted by Gasteiger charge is 2.17. The second kappa shape index (κ2) is 9.78. The van der Waals surface area contributed by atoms with Crippen LogP contribution in [0, 0.1) is 11.3 Å². The lowest BCUT2D eigenvalue weighted by Crippen LogP contribution is -2.32. The van der Waals surface area contributed by atoms with Crippen molar-refractivity contribution in [2.45, 2.75) is 6.92 Å². The van der Waals surface area contributed by atoms with Crippen molar-refractivity contribution in [3.63, 3.8) is 0 Å². The lowest BCUT2D eigenvalue weighted by atomic mass is 10.2. The molecule has 3 N–H and O–H groups in total. The predicted molar refractivity (Wildman–Crippen MR) is 91.6 cm³/mol. The normalized spacial score (nSPS) is 10.7. The van der Waals surface area contributed by atoms with Gasteiger partial charge in [0, 0.05) is 25.0 Å². The molecule has 0 aliphatic heterocycles. The van der Waals surface area contributed by atoms with Gasteiger partial charge in [0.25, 0.3) is 5.91 Å². The van der Waals surface area contributed by atoms with E-state index >= 15 is 0 Å². The molecule has 2 amide bonds. The molecule has 0 bridgehead atoms. The van der Waals surface area contributed by atoms with Gasteiger partial charge in [0.1, 0.15) is 11.6 Å².